The number of amides is 1. The van der Waals surface area contributed by atoms with E-state index in [2.05, 4.69) is 12.2 Å². The molecule has 1 aliphatic carbocycles. The lowest BCUT2D eigenvalue weighted by Gasteiger charge is -2.27. The second kappa shape index (κ2) is 7.38. The van der Waals surface area contributed by atoms with Crippen LogP contribution < -0.4 is 5.32 Å². The quantitative estimate of drug-likeness (QED) is 0.849. The second-order valence-electron chi connectivity index (χ2n) is 6.23. The summed E-state index contributed by atoms with van der Waals surface area (Å²) in [5.74, 6) is 0.524. The van der Waals surface area contributed by atoms with Crippen molar-refractivity contribution in [3.05, 3.63) is 22.4 Å². The first kappa shape index (κ1) is 16.5. The fraction of sp³-hybridized carbons (Fsp3) is 0.688. The van der Waals surface area contributed by atoms with Crippen molar-refractivity contribution in [2.24, 2.45) is 5.92 Å². The van der Waals surface area contributed by atoms with E-state index in [1.807, 2.05) is 17.5 Å². The molecule has 3 atom stereocenters. The van der Waals surface area contributed by atoms with Crippen molar-refractivity contribution in [1.29, 1.82) is 0 Å². The van der Waals surface area contributed by atoms with E-state index in [1.54, 1.807) is 6.92 Å². The zero-order chi connectivity index (χ0) is 15.3. The Balaban J connectivity index is 1.70. The van der Waals surface area contributed by atoms with Crippen molar-refractivity contribution in [2.75, 3.05) is 13.2 Å². The summed E-state index contributed by atoms with van der Waals surface area (Å²) < 4.78 is 5.68. The summed E-state index contributed by atoms with van der Waals surface area (Å²) in [7, 11) is 0. The Kier molecular flexibility index (Phi) is 5.79. The van der Waals surface area contributed by atoms with Crippen molar-refractivity contribution in [3.8, 4) is 0 Å². The Hall–Kier alpha value is -0.910. The van der Waals surface area contributed by atoms with E-state index in [0.717, 1.165) is 17.7 Å². The number of rotatable bonds is 6. The van der Waals surface area contributed by atoms with Gasteiger partial charge in [0.05, 0.1) is 12.6 Å². The molecule has 1 aromatic heterocycles. The summed E-state index contributed by atoms with van der Waals surface area (Å²) in [6.45, 7) is 4.23. The average Bonchev–Trinajstić information content (AvgIpc) is 2.98. The van der Waals surface area contributed by atoms with Crippen molar-refractivity contribution >= 4 is 17.2 Å². The number of ether oxygens (including phenoxy) is 1. The van der Waals surface area contributed by atoms with Gasteiger partial charge in [-0.05, 0) is 37.1 Å². The van der Waals surface area contributed by atoms with Gasteiger partial charge in [0.1, 0.15) is 12.2 Å². The van der Waals surface area contributed by atoms with Crippen LogP contribution in [0.1, 0.15) is 44.4 Å². The second-order valence-corrected chi connectivity index (χ2v) is 7.18. The van der Waals surface area contributed by atoms with Gasteiger partial charge in [-0.3, -0.25) is 4.79 Å². The predicted molar refractivity (Wildman–Crippen MR) is 84.3 cm³/mol. The van der Waals surface area contributed by atoms with E-state index in [0.29, 0.717) is 5.92 Å². The molecule has 0 aliphatic heterocycles. The molecule has 0 spiro atoms. The number of aliphatic hydroxyl groups is 1. The molecule has 21 heavy (non-hydrogen) atoms. The normalized spacial score (nSPS) is 25.3. The van der Waals surface area contributed by atoms with Gasteiger partial charge < -0.3 is 15.2 Å². The van der Waals surface area contributed by atoms with Crippen LogP contribution in [0.2, 0.25) is 0 Å². The molecule has 1 saturated carbocycles. The van der Waals surface area contributed by atoms with Crippen LogP contribution in [-0.2, 0) is 15.1 Å². The minimum Gasteiger partial charge on any atom is -0.383 e. The molecule has 1 aliphatic rings. The molecule has 1 aromatic rings. The van der Waals surface area contributed by atoms with Gasteiger partial charge in [0, 0.05) is 4.88 Å². The largest absolute Gasteiger partial charge is 0.383 e. The lowest BCUT2D eigenvalue weighted by molar-refractivity contribution is -0.129. The van der Waals surface area contributed by atoms with E-state index in [-0.39, 0.29) is 25.2 Å². The third kappa shape index (κ3) is 5.09. The third-order valence-electron chi connectivity index (χ3n) is 4.02. The van der Waals surface area contributed by atoms with Crippen molar-refractivity contribution in [1.82, 2.24) is 5.32 Å². The molecule has 0 aromatic carbocycles. The molecule has 1 fully saturated rings. The van der Waals surface area contributed by atoms with Gasteiger partial charge in [-0.25, -0.2) is 0 Å². The molecule has 1 heterocycles. The van der Waals surface area contributed by atoms with E-state index < -0.39 is 5.60 Å². The zero-order valence-corrected chi connectivity index (χ0v) is 13.6. The van der Waals surface area contributed by atoms with Gasteiger partial charge in [-0.1, -0.05) is 25.8 Å². The minimum absolute atomic E-state index is 0.0813. The van der Waals surface area contributed by atoms with Gasteiger partial charge in [0.2, 0.25) is 5.91 Å². The van der Waals surface area contributed by atoms with Crippen LogP contribution >= 0.6 is 11.3 Å². The third-order valence-corrected chi connectivity index (χ3v) is 5.14. The van der Waals surface area contributed by atoms with E-state index in [9.17, 15) is 9.90 Å². The van der Waals surface area contributed by atoms with Crippen LogP contribution in [0.15, 0.2) is 17.5 Å². The van der Waals surface area contributed by atoms with E-state index in [4.69, 9.17) is 4.74 Å². The van der Waals surface area contributed by atoms with Gasteiger partial charge >= 0.3 is 0 Å². The maximum absolute atomic E-state index is 11.8. The number of hydrogen-bond acceptors (Lipinski definition) is 4. The molecule has 0 saturated heterocycles. The molecule has 3 unspecified atom stereocenters. The zero-order valence-electron chi connectivity index (χ0n) is 12.8. The molecular formula is C16H25NO3S. The summed E-state index contributed by atoms with van der Waals surface area (Å²) in [6.07, 6.45) is 4.73. The summed E-state index contributed by atoms with van der Waals surface area (Å²) >= 11 is 1.49. The molecular weight excluding hydrogens is 286 g/mol. The topological polar surface area (TPSA) is 58.6 Å². The minimum atomic E-state index is -1.02. The van der Waals surface area contributed by atoms with Gasteiger partial charge in [-0.2, -0.15) is 0 Å². The lowest BCUT2D eigenvalue weighted by Crippen LogP contribution is -2.40. The average molecular weight is 311 g/mol. The summed E-state index contributed by atoms with van der Waals surface area (Å²) in [4.78, 5) is 12.7. The number of hydrogen-bond donors (Lipinski definition) is 2. The number of thiophene rings is 1. The first-order valence-electron chi connectivity index (χ1n) is 7.62. The molecule has 5 heteroatoms. The monoisotopic (exact) mass is 311 g/mol. The predicted octanol–water partition coefficient (Wildman–Crippen LogP) is 2.67. The number of nitrogens with one attached hydrogen (secondary N) is 1. The van der Waals surface area contributed by atoms with Crippen LogP contribution in [0.5, 0.6) is 0 Å². The van der Waals surface area contributed by atoms with Crippen LogP contribution in [-0.4, -0.2) is 30.3 Å². The number of carbonyl (C=O) groups is 1. The fourth-order valence-corrected chi connectivity index (χ4v) is 3.50. The Morgan fingerprint density at radius 3 is 3.05 bits per heavy atom. The van der Waals surface area contributed by atoms with E-state index in [1.165, 1.54) is 24.2 Å². The Labute approximate surface area is 130 Å². The molecule has 118 valence electrons. The van der Waals surface area contributed by atoms with Crippen molar-refractivity contribution in [2.45, 2.75) is 51.2 Å². The summed E-state index contributed by atoms with van der Waals surface area (Å²) in [5, 5.41) is 15.0. The van der Waals surface area contributed by atoms with Gasteiger partial charge in [-0.15, -0.1) is 11.3 Å². The van der Waals surface area contributed by atoms with Crippen LogP contribution in [0.4, 0.5) is 0 Å². The molecule has 2 N–H and O–H groups in total. The van der Waals surface area contributed by atoms with Crippen LogP contribution in [0.3, 0.4) is 0 Å². The Morgan fingerprint density at radius 1 is 1.57 bits per heavy atom. The highest BCUT2D eigenvalue weighted by atomic mass is 32.1. The standard InChI is InChI=1S/C16H25NO3S/c1-12-5-3-6-13(9-12)20-10-15(18)17-11-16(2,19)14-7-4-8-21-14/h4,7-8,12-13,19H,3,5-6,9-11H2,1-2H3,(H,17,18). The van der Waals surface area contributed by atoms with Crippen molar-refractivity contribution in [3.63, 3.8) is 0 Å². The molecule has 1 amide bonds. The van der Waals surface area contributed by atoms with Gasteiger partial charge in [0.15, 0.2) is 0 Å². The highest BCUT2D eigenvalue weighted by molar-refractivity contribution is 7.10. The van der Waals surface area contributed by atoms with Crippen LogP contribution in [0, 0.1) is 5.92 Å². The smallest absolute Gasteiger partial charge is 0.246 e. The molecule has 4 nitrogen and oxygen atoms in total. The lowest BCUT2D eigenvalue weighted by atomic mass is 9.89. The maximum Gasteiger partial charge on any atom is 0.246 e. The SMILES string of the molecule is CC1CCCC(OCC(=O)NCC(C)(O)c2cccs2)C1. The summed E-state index contributed by atoms with van der Waals surface area (Å²) in [5.41, 5.74) is -1.02. The van der Waals surface area contributed by atoms with Crippen LogP contribution in [0.25, 0.3) is 0 Å². The highest BCUT2D eigenvalue weighted by Gasteiger charge is 2.25. The van der Waals surface area contributed by atoms with Crippen molar-refractivity contribution < 1.29 is 14.6 Å². The number of carbonyl (C=O) groups excluding carboxylic acids is 1. The highest BCUT2D eigenvalue weighted by Crippen LogP contribution is 2.26. The fourth-order valence-electron chi connectivity index (χ4n) is 2.72. The molecule has 0 radical (unpaired) electrons. The first-order valence-corrected chi connectivity index (χ1v) is 8.50. The summed E-state index contributed by atoms with van der Waals surface area (Å²) in [6, 6.07) is 3.76. The Morgan fingerprint density at radius 2 is 2.38 bits per heavy atom. The maximum atomic E-state index is 11.8. The van der Waals surface area contributed by atoms with Gasteiger partial charge in [0.25, 0.3) is 0 Å². The molecule has 2 rings (SSSR count). The van der Waals surface area contributed by atoms with E-state index >= 15 is 0 Å². The first-order chi connectivity index (χ1) is 9.97. The molecule has 0 bridgehead atoms. The Bertz CT molecular complexity index is 444.